The lowest BCUT2D eigenvalue weighted by atomic mass is 9.93. The van der Waals surface area contributed by atoms with Gasteiger partial charge in [-0.15, -0.1) is 0 Å². The Hall–Kier alpha value is -3.73. The van der Waals surface area contributed by atoms with Gasteiger partial charge in [0, 0.05) is 51.2 Å². The fourth-order valence-corrected chi connectivity index (χ4v) is 6.41. The van der Waals surface area contributed by atoms with Gasteiger partial charge in [-0.1, -0.05) is 30.3 Å². The summed E-state index contributed by atoms with van der Waals surface area (Å²) in [6.45, 7) is 0.968. The maximum Gasteiger partial charge on any atom is 0.235 e. The zero-order chi connectivity index (χ0) is 26.9. The second-order valence-corrected chi connectivity index (χ2v) is 11.9. The number of fused-ring (bicyclic) bond motifs is 1. The minimum absolute atomic E-state index is 0.0554. The molecule has 11 heteroatoms. The van der Waals surface area contributed by atoms with Crippen LogP contribution in [0.25, 0.3) is 10.9 Å². The van der Waals surface area contributed by atoms with Crippen LogP contribution in [-0.4, -0.2) is 65.8 Å². The maximum atomic E-state index is 12.7. The van der Waals surface area contributed by atoms with E-state index in [9.17, 15) is 22.8 Å². The number of nitrogens with zero attached hydrogens (tertiary/aromatic N) is 3. The van der Waals surface area contributed by atoms with E-state index < -0.39 is 15.8 Å². The highest BCUT2D eigenvalue weighted by Crippen LogP contribution is 2.35. The van der Waals surface area contributed by atoms with Crippen LogP contribution in [-0.2, 0) is 31.3 Å². The first-order chi connectivity index (χ1) is 18.2. The van der Waals surface area contributed by atoms with Crippen molar-refractivity contribution >= 4 is 38.5 Å². The topological polar surface area (TPSA) is 128 Å². The first-order valence-corrected chi connectivity index (χ1v) is 14.4. The van der Waals surface area contributed by atoms with E-state index in [1.165, 1.54) is 0 Å². The van der Waals surface area contributed by atoms with E-state index in [-0.39, 0.29) is 47.3 Å². The number of nitrogens with one attached hydrogen (secondary N) is 1. The summed E-state index contributed by atoms with van der Waals surface area (Å²) in [6.07, 6.45) is 1.75. The molecule has 0 bridgehead atoms. The molecule has 2 aromatic carbocycles. The molecule has 5 rings (SSSR count). The Kier molecular flexibility index (Phi) is 7.20. The fourth-order valence-electron chi connectivity index (χ4n) is 5.16. The molecule has 2 saturated heterocycles. The number of benzene rings is 2. The van der Waals surface area contributed by atoms with Gasteiger partial charge in [0.2, 0.25) is 17.7 Å². The van der Waals surface area contributed by atoms with E-state index in [0.717, 1.165) is 10.9 Å². The average Bonchev–Trinajstić information content (AvgIpc) is 3.25. The molecule has 10 nitrogen and oxygen atoms in total. The van der Waals surface area contributed by atoms with Crippen molar-refractivity contribution in [3.63, 3.8) is 0 Å². The second-order valence-electron chi connectivity index (χ2n) is 9.74. The summed E-state index contributed by atoms with van der Waals surface area (Å²) in [4.78, 5) is 38.7. The minimum atomic E-state index is -3.50. The Morgan fingerprint density at radius 3 is 2.50 bits per heavy atom. The molecule has 200 valence electrons. The normalized spacial score (nSPS) is 19.0. The average molecular weight is 539 g/mol. The number of hydrogen-bond acceptors (Lipinski definition) is 7. The number of piperidine rings is 2. The molecule has 0 radical (unpaired) electrons. The molecule has 2 aliphatic rings. The first-order valence-electron chi connectivity index (χ1n) is 12.7. The summed E-state index contributed by atoms with van der Waals surface area (Å²) >= 11 is 0. The molecule has 1 N–H and O–H groups in total. The van der Waals surface area contributed by atoms with Gasteiger partial charge in [-0.05, 0) is 24.6 Å². The number of aryl methyl sites for hydroxylation is 1. The zero-order valence-corrected chi connectivity index (χ0v) is 21.9. The lowest BCUT2D eigenvalue weighted by Crippen LogP contribution is -2.42. The van der Waals surface area contributed by atoms with E-state index in [1.807, 2.05) is 18.2 Å². The summed E-state index contributed by atoms with van der Waals surface area (Å²) < 4.78 is 33.1. The Morgan fingerprint density at radius 1 is 1.05 bits per heavy atom. The number of para-hydroxylation sites is 1. The number of carbonyl (C=O) groups is 3. The van der Waals surface area contributed by atoms with Gasteiger partial charge in [-0.2, -0.15) is 5.10 Å². The lowest BCUT2D eigenvalue weighted by molar-refractivity contribution is -0.134. The summed E-state index contributed by atoms with van der Waals surface area (Å²) in [5.74, 6) is -0.837. The predicted molar refractivity (Wildman–Crippen MR) is 139 cm³/mol. The van der Waals surface area contributed by atoms with Crippen molar-refractivity contribution in [2.75, 3.05) is 18.8 Å². The van der Waals surface area contributed by atoms with E-state index in [0.29, 0.717) is 43.8 Å². The van der Waals surface area contributed by atoms with Crippen LogP contribution >= 0.6 is 0 Å². The van der Waals surface area contributed by atoms with Crippen molar-refractivity contribution in [2.24, 2.45) is 7.05 Å². The molecule has 38 heavy (non-hydrogen) atoms. The molecule has 0 saturated carbocycles. The monoisotopic (exact) mass is 538 g/mol. The molecular formula is C27H30N4O6S. The first kappa shape index (κ1) is 25.9. The van der Waals surface area contributed by atoms with Crippen LogP contribution in [0.15, 0.2) is 53.4 Å². The minimum Gasteiger partial charge on any atom is -0.488 e. The van der Waals surface area contributed by atoms with Crippen LogP contribution < -0.4 is 10.1 Å². The molecular weight excluding hydrogens is 508 g/mol. The molecule has 1 aromatic heterocycles. The molecule has 0 spiro atoms. The molecule has 0 aliphatic carbocycles. The van der Waals surface area contributed by atoms with Crippen LogP contribution in [0.1, 0.15) is 43.7 Å². The fraction of sp³-hybridized carbons (Fsp3) is 0.407. The van der Waals surface area contributed by atoms with Gasteiger partial charge in [-0.3, -0.25) is 24.4 Å². The third-order valence-corrected chi connectivity index (χ3v) is 8.93. The van der Waals surface area contributed by atoms with Crippen molar-refractivity contribution in [3.8, 4) is 5.75 Å². The van der Waals surface area contributed by atoms with E-state index in [4.69, 9.17) is 4.74 Å². The molecule has 2 fully saturated rings. The maximum absolute atomic E-state index is 12.7. The number of carbonyl (C=O) groups excluding carboxylic acids is 3. The highest BCUT2D eigenvalue weighted by Gasteiger charge is 2.32. The van der Waals surface area contributed by atoms with E-state index in [2.05, 4.69) is 10.4 Å². The predicted octanol–water partition coefficient (Wildman–Crippen LogP) is 2.33. The Labute approximate surface area is 220 Å². The Morgan fingerprint density at radius 2 is 1.79 bits per heavy atom. The van der Waals surface area contributed by atoms with Gasteiger partial charge in [0.15, 0.2) is 9.84 Å². The van der Waals surface area contributed by atoms with Gasteiger partial charge >= 0.3 is 0 Å². The summed E-state index contributed by atoms with van der Waals surface area (Å²) in [6, 6.07) is 13.8. The van der Waals surface area contributed by atoms with Crippen molar-refractivity contribution in [1.29, 1.82) is 0 Å². The summed E-state index contributed by atoms with van der Waals surface area (Å²) in [5, 5.41) is 7.81. The van der Waals surface area contributed by atoms with Crippen LogP contribution in [0.3, 0.4) is 0 Å². The van der Waals surface area contributed by atoms with Crippen molar-refractivity contribution in [2.45, 2.75) is 49.0 Å². The van der Waals surface area contributed by atoms with Crippen molar-refractivity contribution in [1.82, 2.24) is 20.0 Å². The van der Waals surface area contributed by atoms with Gasteiger partial charge < -0.3 is 9.64 Å². The number of imide groups is 1. The van der Waals surface area contributed by atoms with Gasteiger partial charge in [0.05, 0.1) is 22.3 Å². The Bertz CT molecular complexity index is 1480. The third-order valence-electron chi connectivity index (χ3n) is 7.20. The quantitative estimate of drug-likeness (QED) is 0.457. The number of aromatic nitrogens is 2. The van der Waals surface area contributed by atoms with E-state index >= 15 is 0 Å². The van der Waals surface area contributed by atoms with Gasteiger partial charge in [0.1, 0.15) is 17.4 Å². The largest absolute Gasteiger partial charge is 0.488 e. The van der Waals surface area contributed by atoms with Gasteiger partial charge in [-0.25, -0.2) is 8.42 Å². The lowest BCUT2D eigenvalue weighted by Gasteiger charge is -2.32. The van der Waals surface area contributed by atoms with Crippen molar-refractivity contribution < 1.29 is 27.5 Å². The highest BCUT2D eigenvalue weighted by atomic mass is 32.2. The number of hydrogen-bond donors (Lipinski definition) is 1. The number of likely N-dealkylation sites (tertiary alicyclic amines) is 1. The standard InChI is InChI=1S/C27H30N4O6S/c1-30-26-20(25(29-30)21-10-11-23(32)28-27(21)34)8-5-9-22(26)37-18-12-15-31(16-13-18)24(33)14-17-38(35,36)19-6-3-2-4-7-19/h2-9,18,21H,10-17H2,1H3,(H,28,32,34). The summed E-state index contributed by atoms with van der Waals surface area (Å²) in [5.41, 5.74) is 1.40. The molecule has 3 aromatic rings. The summed E-state index contributed by atoms with van der Waals surface area (Å²) in [7, 11) is -1.70. The van der Waals surface area contributed by atoms with Crippen molar-refractivity contribution in [3.05, 3.63) is 54.2 Å². The highest BCUT2D eigenvalue weighted by molar-refractivity contribution is 7.91. The van der Waals surface area contributed by atoms with Gasteiger partial charge in [0.25, 0.3) is 0 Å². The third kappa shape index (κ3) is 5.28. The molecule has 3 heterocycles. The van der Waals surface area contributed by atoms with Crippen LogP contribution in [0, 0.1) is 0 Å². The zero-order valence-electron chi connectivity index (χ0n) is 21.1. The van der Waals surface area contributed by atoms with Crippen LogP contribution in [0.5, 0.6) is 5.75 Å². The molecule has 1 unspecified atom stereocenters. The molecule has 2 aliphatic heterocycles. The number of rotatable bonds is 7. The van der Waals surface area contributed by atoms with E-state index in [1.54, 1.807) is 47.0 Å². The van der Waals surface area contributed by atoms with Crippen LogP contribution in [0.2, 0.25) is 0 Å². The van der Waals surface area contributed by atoms with Crippen LogP contribution in [0.4, 0.5) is 0 Å². The number of ether oxygens (including phenoxy) is 1. The Balaban J connectivity index is 1.21. The molecule has 3 amide bonds. The number of sulfone groups is 1. The SMILES string of the molecule is Cn1nc(C2CCC(=O)NC2=O)c2cccc(OC3CCN(C(=O)CCS(=O)(=O)c4ccccc4)CC3)c21. The smallest absolute Gasteiger partial charge is 0.235 e. The molecule has 1 atom stereocenters. The second kappa shape index (κ2) is 10.6. The number of amides is 3.